The highest BCUT2D eigenvalue weighted by Crippen LogP contribution is 2.12. The molecule has 0 radical (unpaired) electrons. The number of aromatic nitrogens is 1. The van der Waals surface area contributed by atoms with Crippen molar-refractivity contribution in [1.82, 2.24) is 15.2 Å². The lowest BCUT2D eigenvalue weighted by Crippen LogP contribution is -2.27. The van der Waals surface area contributed by atoms with E-state index < -0.39 is 6.23 Å². The minimum absolute atomic E-state index is 0.0619. The van der Waals surface area contributed by atoms with Crippen LogP contribution in [0.3, 0.4) is 0 Å². The summed E-state index contributed by atoms with van der Waals surface area (Å²) in [6, 6.07) is 1.46. The maximum Gasteiger partial charge on any atom is 0.248 e. The molecule has 0 saturated carbocycles. The van der Waals surface area contributed by atoms with E-state index in [-0.39, 0.29) is 11.6 Å². The van der Waals surface area contributed by atoms with Crippen molar-refractivity contribution in [3.05, 3.63) is 58.3 Å². The first kappa shape index (κ1) is 21.7. The van der Waals surface area contributed by atoms with E-state index in [1.54, 1.807) is 18.4 Å². The van der Waals surface area contributed by atoms with E-state index in [1.165, 1.54) is 25.1 Å². The number of rotatable bonds is 10. The van der Waals surface area contributed by atoms with Gasteiger partial charge in [-0.3, -0.25) is 9.79 Å². The highest BCUT2D eigenvalue weighted by atomic mass is 16.3. The Morgan fingerprint density at radius 2 is 2.21 bits per heavy atom. The lowest BCUT2D eigenvalue weighted by atomic mass is 10.1. The molecule has 1 aromatic heterocycles. The number of H-pyrrole nitrogens is 1. The number of hydrogen-bond acceptors (Lipinski definition) is 6. The zero-order chi connectivity index (χ0) is 20.4. The van der Waals surface area contributed by atoms with Crippen molar-refractivity contribution in [2.24, 2.45) is 10.7 Å². The van der Waals surface area contributed by atoms with Crippen molar-refractivity contribution in [3.63, 3.8) is 0 Å². The molecule has 0 aliphatic carbocycles. The van der Waals surface area contributed by atoms with Gasteiger partial charge in [-0.25, -0.2) is 0 Å². The number of aryl methyl sites for hydroxylation is 1. The van der Waals surface area contributed by atoms with E-state index in [4.69, 9.17) is 5.73 Å². The number of nitrogens with zero attached hydrogens (tertiary/aromatic N) is 2. The standard InChI is InChI=1S/C21H31N5O2/c1-3-19-18(16(2)13-20(27)25-19)8-9-23-21(28)15-24-17(14-22)7-6-12-26-10-4-5-11-26/h3,6,8-9,12-13,15,17,21,23,28H,1,4-5,7,10-11,14,22H2,2H3,(H,25,27)/b9-8+,12-6+,24-15?. The van der Waals surface area contributed by atoms with Crippen molar-refractivity contribution in [2.75, 3.05) is 19.6 Å². The molecule has 5 N–H and O–H groups in total. The minimum Gasteiger partial charge on any atom is -0.378 e. The van der Waals surface area contributed by atoms with Crippen LogP contribution in [0.1, 0.15) is 36.1 Å². The summed E-state index contributed by atoms with van der Waals surface area (Å²) < 4.78 is 0. The number of hydrogen-bond donors (Lipinski definition) is 4. The van der Waals surface area contributed by atoms with Crippen molar-refractivity contribution in [3.8, 4) is 0 Å². The van der Waals surface area contributed by atoms with Gasteiger partial charge in [-0.2, -0.15) is 0 Å². The monoisotopic (exact) mass is 385 g/mol. The van der Waals surface area contributed by atoms with Crippen LogP contribution in [-0.4, -0.2) is 53.1 Å². The summed E-state index contributed by atoms with van der Waals surface area (Å²) in [4.78, 5) is 20.9. The third-order valence-corrected chi connectivity index (χ3v) is 4.62. The Bertz CT molecular complexity index is 775. The summed E-state index contributed by atoms with van der Waals surface area (Å²) in [5.74, 6) is 0. The van der Waals surface area contributed by atoms with Gasteiger partial charge < -0.3 is 26.0 Å². The Morgan fingerprint density at radius 3 is 2.89 bits per heavy atom. The molecular formula is C21H31N5O2. The Hall–Kier alpha value is -2.64. The molecule has 2 rings (SSSR count). The van der Waals surface area contributed by atoms with Crippen molar-refractivity contribution in [2.45, 2.75) is 38.5 Å². The third kappa shape index (κ3) is 6.83. The molecule has 1 saturated heterocycles. The molecule has 0 aromatic carbocycles. The molecule has 7 heteroatoms. The van der Waals surface area contributed by atoms with Gasteiger partial charge in [0, 0.05) is 43.2 Å². The van der Waals surface area contributed by atoms with E-state index in [1.807, 2.05) is 6.92 Å². The van der Waals surface area contributed by atoms with Crippen LogP contribution in [-0.2, 0) is 0 Å². The Kier molecular flexibility index (Phi) is 8.71. The van der Waals surface area contributed by atoms with Gasteiger partial charge in [0.25, 0.3) is 0 Å². The zero-order valence-electron chi connectivity index (χ0n) is 16.5. The molecule has 0 spiro atoms. The summed E-state index contributed by atoms with van der Waals surface area (Å²) >= 11 is 0. The van der Waals surface area contributed by atoms with Crippen LogP contribution in [0.25, 0.3) is 12.2 Å². The zero-order valence-corrected chi connectivity index (χ0v) is 16.5. The highest BCUT2D eigenvalue weighted by molar-refractivity contribution is 5.65. The Labute approximate surface area is 166 Å². The number of nitrogens with two attached hydrogens (primary N) is 1. The first-order valence-electron chi connectivity index (χ1n) is 9.64. The van der Waals surface area contributed by atoms with Gasteiger partial charge in [0.1, 0.15) is 0 Å². The molecule has 2 heterocycles. The van der Waals surface area contributed by atoms with Gasteiger partial charge in [-0.05, 0) is 56.3 Å². The van der Waals surface area contributed by atoms with Crippen molar-refractivity contribution >= 4 is 18.4 Å². The second-order valence-electron chi connectivity index (χ2n) is 6.84. The van der Waals surface area contributed by atoms with Crippen LogP contribution in [0, 0.1) is 6.92 Å². The maximum absolute atomic E-state index is 11.5. The van der Waals surface area contributed by atoms with E-state index in [0.29, 0.717) is 12.2 Å². The first-order chi connectivity index (χ1) is 13.5. The Balaban J connectivity index is 1.86. The summed E-state index contributed by atoms with van der Waals surface area (Å²) in [5, 5.41) is 12.9. The lowest BCUT2D eigenvalue weighted by molar-refractivity contribution is 0.225. The second-order valence-corrected chi connectivity index (χ2v) is 6.84. The fourth-order valence-corrected chi connectivity index (χ4v) is 3.06. The molecule has 2 atom stereocenters. The first-order valence-corrected chi connectivity index (χ1v) is 9.64. The number of aliphatic hydroxyl groups is 1. The summed E-state index contributed by atoms with van der Waals surface area (Å²) in [6.45, 7) is 8.21. The third-order valence-electron chi connectivity index (χ3n) is 4.62. The van der Waals surface area contributed by atoms with E-state index >= 15 is 0 Å². The van der Waals surface area contributed by atoms with Gasteiger partial charge in [-0.15, -0.1) is 0 Å². The summed E-state index contributed by atoms with van der Waals surface area (Å²) in [5.41, 5.74) is 7.90. The molecule has 1 aromatic rings. The van der Waals surface area contributed by atoms with Crippen LogP contribution >= 0.6 is 0 Å². The molecule has 1 fully saturated rings. The quantitative estimate of drug-likeness (QED) is 0.362. The number of likely N-dealkylation sites (tertiary alicyclic amines) is 1. The molecule has 152 valence electrons. The molecule has 28 heavy (non-hydrogen) atoms. The van der Waals surface area contributed by atoms with Crippen molar-refractivity contribution < 1.29 is 5.11 Å². The Morgan fingerprint density at radius 1 is 1.46 bits per heavy atom. The maximum atomic E-state index is 11.5. The second kappa shape index (κ2) is 11.3. The van der Waals surface area contributed by atoms with Crippen LogP contribution < -0.4 is 16.6 Å². The molecule has 0 amide bonds. The van der Waals surface area contributed by atoms with Crippen LogP contribution in [0.15, 0.2) is 40.9 Å². The van der Waals surface area contributed by atoms with E-state index in [0.717, 1.165) is 30.6 Å². The van der Waals surface area contributed by atoms with Gasteiger partial charge in [0.05, 0.1) is 6.04 Å². The van der Waals surface area contributed by atoms with E-state index in [9.17, 15) is 9.90 Å². The molecule has 1 aliphatic heterocycles. The van der Waals surface area contributed by atoms with Crippen LogP contribution in [0.5, 0.6) is 0 Å². The van der Waals surface area contributed by atoms with Crippen LogP contribution in [0.2, 0.25) is 0 Å². The molecule has 7 nitrogen and oxygen atoms in total. The predicted molar refractivity (Wildman–Crippen MR) is 116 cm³/mol. The molecule has 0 bridgehead atoms. The van der Waals surface area contributed by atoms with Crippen molar-refractivity contribution in [1.29, 1.82) is 0 Å². The average Bonchev–Trinajstić information content (AvgIpc) is 3.19. The SMILES string of the molecule is C=Cc1[nH]c(=O)cc(C)c1/C=C/NC(O)C=NC(CN)C/C=C/N1CCCC1. The number of nitrogens with one attached hydrogen (secondary N) is 2. The molecule has 1 aliphatic rings. The fraction of sp³-hybridized carbons (Fsp3) is 0.429. The fourth-order valence-electron chi connectivity index (χ4n) is 3.06. The molecular weight excluding hydrogens is 354 g/mol. The largest absolute Gasteiger partial charge is 0.378 e. The van der Waals surface area contributed by atoms with Gasteiger partial charge in [-0.1, -0.05) is 12.7 Å². The summed E-state index contributed by atoms with van der Waals surface area (Å²) in [6.07, 6.45) is 13.0. The lowest BCUT2D eigenvalue weighted by Gasteiger charge is -2.12. The van der Waals surface area contributed by atoms with Gasteiger partial charge in [0.2, 0.25) is 5.56 Å². The topological polar surface area (TPSA) is 107 Å². The number of aliphatic imine (C=N–C) groups is 1. The predicted octanol–water partition coefficient (Wildman–Crippen LogP) is 1.60. The van der Waals surface area contributed by atoms with Gasteiger partial charge in [0.15, 0.2) is 6.23 Å². The number of pyridine rings is 1. The van der Waals surface area contributed by atoms with Crippen LogP contribution in [0.4, 0.5) is 0 Å². The number of aromatic amines is 1. The highest BCUT2D eigenvalue weighted by Gasteiger charge is 2.07. The van der Waals surface area contributed by atoms with Gasteiger partial charge >= 0.3 is 0 Å². The van der Waals surface area contributed by atoms with E-state index in [2.05, 4.69) is 39.0 Å². The smallest absolute Gasteiger partial charge is 0.248 e. The number of aliphatic hydroxyl groups excluding tert-OH is 1. The average molecular weight is 386 g/mol. The molecule has 2 unspecified atom stereocenters. The normalized spacial score (nSPS) is 17.0. The summed E-state index contributed by atoms with van der Waals surface area (Å²) in [7, 11) is 0. The minimum atomic E-state index is -0.928.